The zero-order valence-electron chi connectivity index (χ0n) is 10.4. The third kappa shape index (κ3) is 4.91. The summed E-state index contributed by atoms with van der Waals surface area (Å²) in [6.45, 7) is 6.99. The fraction of sp³-hybridized carbons (Fsp3) is 0.333. The monoisotopic (exact) mass is 362 g/mol. The molecule has 1 aromatic heterocycles. The highest BCUT2D eigenvalue weighted by Crippen LogP contribution is 1.94. The third-order valence-corrected chi connectivity index (χ3v) is 2.29. The van der Waals surface area contributed by atoms with Gasteiger partial charge in [-0.25, -0.2) is 4.99 Å². The largest absolute Gasteiger partial charge is 0.370 e. The van der Waals surface area contributed by atoms with Gasteiger partial charge >= 0.3 is 0 Å². The number of aromatic nitrogens is 1. The van der Waals surface area contributed by atoms with Crippen molar-refractivity contribution in [1.29, 1.82) is 0 Å². The van der Waals surface area contributed by atoms with Gasteiger partial charge in [0.15, 0.2) is 5.96 Å². The number of guanidine groups is 1. The van der Waals surface area contributed by atoms with Crippen LogP contribution in [0.2, 0.25) is 0 Å². The van der Waals surface area contributed by atoms with Gasteiger partial charge in [-0.2, -0.15) is 0 Å². The molecular formula is C12H19IN4O. The number of nitrogens with zero attached hydrogens (tertiary/aromatic N) is 2. The Morgan fingerprint density at radius 1 is 1.67 bits per heavy atom. The summed E-state index contributed by atoms with van der Waals surface area (Å²) in [7, 11) is 0. The minimum Gasteiger partial charge on any atom is -0.370 e. The van der Waals surface area contributed by atoms with E-state index in [1.807, 2.05) is 13.0 Å². The number of nitrogens with two attached hydrogens (primary N) is 1. The molecule has 0 aliphatic carbocycles. The van der Waals surface area contributed by atoms with E-state index in [1.165, 1.54) is 0 Å². The first kappa shape index (κ1) is 16.7. The number of halogens is 1. The summed E-state index contributed by atoms with van der Waals surface area (Å²) in [6.07, 6.45) is 3.45. The number of nitrogens with one attached hydrogen (secondary N) is 1. The van der Waals surface area contributed by atoms with Gasteiger partial charge in [0, 0.05) is 24.8 Å². The minimum absolute atomic E-state index is 0. The summed E-state index contributed by atoms with van der Waals surface area (Å²) in [5.41, 5.74) is 6.23. The lowest BCUT2D eigenvalue weighted by molar-refractivity contribution is 0.714. The second-order valence-electron chi connectivity index (χ2n) is 3.50. The van der Waals surface area contributed by atoms with E-state index in [0.29, 0.717) is 24.6 Å². The molecule has 1 rings (SSSR count). The molecule has 0 aliphatic rings. The van der Waals surface area contributed by atoms with E-state index in [9.17, 15) is 4.79 Å². The minimum atomic E-state index is -0.0183. The molecule has 5 nitrogen and oxygen atoms in total. The topological polar surface area (TPSA) is 72.4 Å². The van der Waals surface area contributed by atoms with Gasteiger partial charge < -0.3 is 15.6 Å². The summed E-state index contributed by atoms with van der Waals surface area (Å²) in [6, 6.07) is 3.60. The molecule has 0 atom stereocenters. The summed E-state index contributed by atoms with van der Waals surface area (Å²) in [4.78, 5) is 15.9. The van der Waals surface area contributed by atoms with Crippen molar-refractivity contribution in [2.75, 3.05) is 6.54 Å². The summed E-state index contributed by atoms with van der Waals surface area (Å²) < 4.78 is 1.64. The van der Waals surface area contributed by atoms with Crippen LogP contribution < -0.4 is 16.6 Å². The number of rotatable bonds is 5. The molecule has 1 heterocycles. The molecule has 0 saturated carbocycles. The molecule has 0 fully saturated rings. The lowest BCUT2D eigenvalue weighted by atomic mass is 10.3. The Kier molecular flexibility index (Phi) is 8.10. The standard InChI is InChI=1S/C12H18N4O.HI/c1-3-7-14-12(13)15-9-10-6-5-8-16(4-2)11(10)17;/h3,5-6,8H,1,4,7,9H2,2H3,(H3,13,14,15);1H. The molecule has 0 aliphatic heterocycles. The highest BCUT2D eigenvalue weighted by atomic mass is 127. The second-order valence-corrected chi connectivity index (χ2v) is 3.50. The summed E-state index contributed by atoms with van der Waals surface area (Å²) in [5.74, 6) is 0.316. The molecule has 100 valence electrons. The number of aryl methyl sites for hydroxylation is 1. The van der Waals surface area contributed by atoms with Crippen molar-refractivity contribution < 1.29 is 0 Å². The molecule has 1 aromatic rings. The normalized spacial score (nSPS) is 10.6. The molecular weight excluding hydrogens is 343 g/mol. The predicted molar refractivity (Wildman–Crippen MR) is 85.3 cm³/mol. The van der Waals surface area contributed by atoms with Crippen LogP contribution in [0, 0.1) is 0 Å². The molecule has 0 bridgehead atoms. The van der Waals surface area contributed by atoms with Crippen molar-refractivity contribution in [2.24, 2.45) is 10.7 Å². The van der Waals surface area contributed by atoms with Crippen LogP contribution in [0.5, 0.6) is 0 Å². The first-order valence-corrected chi connectivity index (χ1v) is 5.52. The van der Waals surface area contributed by atoms with Crippen LogP contribution in [-0.2, 0) is 13.1 Å². The molecule has 0 amide bonds. The molecule has 0 saturated heterocycles. The van der Waals surface area contributed by atoms with Crippen LogP contribution in [0.25, 0.3) is 0 Å². The highest BCUT2D eigenvalue weighted by molar-refractivity contribution is 14.0. The van der Waals surface area contributed by atoms with E-state index in [4.69, 9.17) is 5.73 Å². The van der Waals surface area contributed by atoms with Crippen LogP contribution >= 0.6 is 24.0 Å². The maximum Gasteiger partial charge on any atom is 0.255 e. The highest BCUT2D eigenvalue weighted by Gasteiger charge is 2.00. The Bertz CT molecular complexity index is 467. The lowest BCUT2D eigenvalue weighted by Gasteiger charge is -2.04. The molecule has 0 aromatic carbocycles. The zero-order valence-corrected chi connectivity index (χ0v) is 12.8. The number of aliphatic imine (C=N–C) groups is 1. The van der Waals surface area contributed by atoms with Gasteiger partial charge in [-0.15, -0.1) is 30.6 Å². The number of hydrogen-bond donors (Lipinski definition) is 2. The van der Waals surface area contributed by atoms with Gasteiger partial charge in [0.2, 0.25) is 0 Å². The van der Waals surface area contributed by atoms with Gasteiger partial charge in [0.25, 0.3) is 5.56 Å². The van der Waals surface area contributed by atoms with Crippen LogP contribution in [-0.4, -0.2) is 17.1 Å². The Morgan fingerprint density at radius 2 is 2.39 bits per heavy atom. The first-order chi connectivity index (χ1) is 8.19. The van der Waals surface area contributed by atoms with Crippen molar-refractivity contribution in [3.8, 4) is 0 Å². The van der Waals surface area contributed by atoms with Gasteiger partial charge in [-0.1, -0.05) is 12.1 Å². The average molecular weight is 362 g/mol. The van der Waals surface area contributed by atoms with E-state index < -0.39 is 0 Å². The van der Waals surface area contributed by atoms with Gasteiger partial charge in [0.1, 0.15) is 0 Å². The maximum atomic E-state index is 11.8. The lowest BCUT2D eigenvalue weighted by Crippen LogP contribution is -2.32. The molecule has 0 spiro atoms. The smallest absolute Gasteiger partial charge is 0.255 e. The van der Waals surface area contributed by atoms with E-state index >= 15 is 0 Å². The van der Waals surface area contributed by atoms with Crippen LogP contribution in [0.3, 0.4) is 0 Å². The first-order valence-electron chi connectivity index (χ1n) is 5.52. The second kappa shape index (κ2) is 8.73. The van der Waals surface area contributed by atoms with Gasteiger partial charge in [-0.3, -0.25) is 4.79 Å². The predicted octanol–water partition coefficient (Wildman–Crippen LogP) is 1.08. The van der Waals surface area contributed by atoms with Gasteiger partial charge in [-0.05, 0) is 13.0 Å². The molecule has 0 radical (unpaired) electrons. The molecule has 3 N–H and O–H groups in total. The fourth-order valence-electron chi connectivity index (χ4n) is 1.36. The van der Waals surface area contributed by atoms with Crippen LogP contribution in [0.4, 0.5) is 0 Å². The van der Waals surface area contributed by atoms with Crippen LogP contribution in [0.15, 0.2) is 40.8 Å². The summed E-state index contributed by atoms with van der Waals surface area (Å²) >= 11 is 0. The van der Waals surface area contributed by atoms with Crippen molar-refractivity contribution in [2.45, 2.75) is 20.0 Å². The maximum absolute atomic E-state index is 11.8. The molecule has 18 heavy (non-hydrogen) atoms. The fourth-order valence-corrected chi connectivity index (χ4v) is 1.36. The van der Waals surface area contributed by atoms with Crippen molar-refractivity contribution in [1.82, 2.24) is 9.88 Å². The van der Waals surface area contributed by atoms with E-state index in [1.54, 1.807) is 22.9 Å². The molecule has 6 heteroatoms. The van der Waals surface area contributed by atoms with E-state index in [0.717, 1.165) is 0 Å². The third-order valence-electron chi connectivity index (χ3n) is 2.29. The average Bonchev–Trinajstić information content (AvgIpc) is 2.35. The Balaban J connectivity index is 0.00000289. The van der Waals surface area contributed by atoms with Gasteiger partial charge in [0.05, 0.1) is 6.54 Å². The van der Waals surface area contributed by atoms with Crippen LogP contribution in [0.1, 0.15) is 12.5 Å². The summed E-state index contributed by atoms with van der Waals surface area (Å²) in [5, 5.41) is 2.85. The van der Waals surface area contributed by atoms with E-state index in [2.05, 4.69) is 16.9 Å². The number of hydrogen-bond acceptors (Lipinski definition) is 2. The quantitative estimate of drug-likeness (QED) is 0.356. The van der Waals surface area contributed by atoms with Crippen molar-refractivity contribution in [3.63, 3.8) is 0 Å². The van der Waals surface area contributed by atoms with Crippen molar-refractivity contribution in [3.05, 3.63) is 46.9 Å². The SMILES string of the molecule is C=CCNC(N)=NCc1cccn(CC)c1=O.I. The Labute approximate surface area is 124 Å². The number of pyridine rings is 1. The molecule has 0 unspecified atom stereocenters. The zero-order chi connectivity index (χ0) is 12.7. The Morgan fingerprint density at radius 3 is 3.00 bits per heavy atom. The van der Waals surface area contributed by atoms with E-state index in [-0.39, 0.29) is 36.1 Å². The Hall–Kier alpha value is -1.31. The van der Waals surface area contributed by atoms with Crippen molar-refractivity contribution >= 4 is 29.9 Å².